The summed E-state index contributed by atoms with van der Waals surface area (Å²) >= 11 is 7.20. The first kappa shape index (κ1) is 15.5. The topological polar surface area (TPSA) is 65.5 Å². The summed E-state index contributed by atoms with van der Waals surface area (Å²) in [6.45, 7) is 1.38. The van der Waals surface area contributed by atoms with Gasteiger partial charge in [0.25, 0.3) is 0 Å². The minimum atomic E-state index is -0.637. The van der Waals surface area contributed by atoms with Crippen LogP contribution in [0.25, 0.3) is 10.6 Å². The number of benzene rings is 1. The van der Waals surface area contributed by atoms with E-state index in [2.05, 4.69) is 9.72 Å². The average molecular weight is 326 g/mol. The molecule has 1 aromatic carbocycles. The van der Waals surface area contributed by atoms with Crippen LogP contribution in [-0.4, -0.2) is 31.0 Å². The van der Waals surface area contributed by atoms with E-state index in [1.807, 2.05) is 0 Å². The quantitative estimate of drug-likeness (QED) is 0.636. The van der Waals surface area contributed by atoms with Crippen LogP contribution in [0.1, 0.15) is 27.1 Å². The van der Waals surface area contributed by atoms with Crippen molar-refractivity contribution in [2.45, 2.75) is 6.92 Å². The van der Waals surface area contributed by atoms with E-state index >= 15 is 0 Å². The Labute approximate surface area is 130 Å². The molecule has 0 amide bonds. The Kier molecular flexibility index (Phi) is 4.59. The minimum absolute atomic E-state index is 0.0249. The molecule has 1 heterocycles. The molecule has 21 heavy (non-hydrogen) atoms. The van der Waals surface area contributed by atoms with Crippen molar-refractivity contribution in [3.63, 3.8) is 0 Å². The number of hydrogen-bond donors (Lipinski definition) is 0. The number of aromatic nitrogens is 1. The largest absolute Gasteiger partial charge is 0.495 e. The Morgan fingerprint density at radius 2 is 2.00 bits per heavy atom. The molecule has 5 nitrogen and oxygen atoms in total. The lowest BCUT2D eigenvalue weighted by atomic mass is 10.2. The zero-order chi connectivity index (χ0) is 15.6. The highest BCUT2D eigenvalue weighted by molar-refractivity contribution is 7.17. The molecule has 0 saturated heterocycles. The minimum Gasteiger partial charge on any atom is -0.495 e. The SMILES string of the molecule is COC(=O)c1nc(-c2ccc(OC)c(Cl)c2)sc1C(C)=O. The molecule has 0 bridgehead atoms. The summed E-state index contributed by atoms with van der Waals surface area (Å²) in [5.41, 5.74) is 0.723. The highest BCUT2D eigenvalue weighted by Gasteiger charge is 2.22. The van der Waals surface area contributed by atoms with Crippen LogP contribution >= 0.6 is 22.9 Å². The van der Waals surface area contributed by atoms with Crippen molar-refractivity contribution in [3.8, 4) is 16.3 Å². The number of carbonyl (C=O) groups is 2. The van der Waals surface area contributed by atoms with Crippen LogP contribution in [0.3, 0.4) is 0 Å². The molecule has 0 aliphatic rings. The van der Waals surface area contributed by atoms with Gasteiger partial charge in [-0.1, -0.05) is 11.6 Å². The molecular formula is C14H12ClNO4S. The lowest BCUT2D eigenvalue weighted by Crippen LogP contribution is -2.06. The van der Waals surface area contributed by atoms with E-state index in [-0.39, 0.29) is 16.4 Å². The second-order valence-electron chi connectivity index (χ2n) is 4.09. The zero-order valence-electron chi connectivity index (χ0n) is 11.6. The summed E-state index contributed by atoms with van der Waals surface area (Å²) < 4.78 is 9.72. The van der Waals surface area contributed by atoms with E-state index in [1.165, 1.54) is 21.1 Å². The lowest BCUT2D eigenvalue weighted by Gasteiger charge is -2.03. The fraction of sp³-hybridized carbons (Fsp3) is 0.214. The van der Waals surface area contributed by atoms with Crippen LogP contribution in [0.5, 0.6) is 5.75 Å². The molecule has 0 radical (unpaired) electrons. The molecule has 1 aromatic heterocycles. The standard InChI is InChI=1S/C14H12ClNO4S/c1-7(17)12-11(14(18)20-3)16-13(21-12)8-4-5-10(19-2)9(15)6-8/h4-6H,1-3H3. The van der Waals surface area contributed by atoms with Gasteiger partial charge in [0.1, 0.15) is 15.6 Å². The molecule has 2 rings (SSSR count). The van der Waals surface area contributed by atoms with E-state index in [1.54, 1.807) is 18.2 Å². The summed E-state index contributed by atoms with van der Waals surface area (Å²) in [4.78, 5) is 27.7. The molecule has 0 N–H and O–H groups in total. The van der Waals surface area contributed by atoms with Crippen LogP contribution in [0.2, 0.25) is 5.02 Å². The summed E-state index contributed by atoms with van der Waals surface area (Å²) in [5, 5.41) is 0.944. The van der Waals surface area contributed by atoms with Gasteiger partial charge in [0.2, 0.25) is 0 Å². The molecule has 0 unspecified atom stereocenters. The van der Waals surface area contributed by atoms with Crippen molar-refractivity contribution >= 4 is 34.7 Å². The number of hydrogen-bond acceptors (Lipinski definition) is 6. The number of ether oxygens (including phenoxy) is 2. The molecule has 110 valence electrons. The Balaban J connectivity index is 2.52. The Hall–Kier alpha value is -1.92. The van der Waals surface area contributed by atoms with Gasteiger partial charge >= 0.3 is 5.97 Å². The maximum absolute atomic E-state index is 11.7. The average Bonchev–Trinajstić information content (AvgIpc) is 2.91. The monoisotopic (exact) mass is 325 g/mol. The Morgan fingerprint density at radius 3 is 2.52 bits per heavy atom. The first-order valence-electron chi connectivity index (χ1n) is 5.92. The zero-order valence-corrected chi connectivity index (χ0v) is 13.2. The van der Waals surface area contributed by atoms with E-state index in [9.17, 15) is 9.59 Å². The van der Waals surface area contributed by atoms with Crippen molar-refractivity contribution in [2.24, 2.45) is 0 Å². The summed E-state index contributed by atoms with van der Waals surface area (Å²) in [6, 6.07) is 5.13. The van der Waals surface area contributed by atoms with E-state index in [0.717, 1.165) is 11.3 Å². The number of thiazole rings is 1. The van der Waals surface area contributed by atoms with Crippen molar-refractivity contribution in [2.75, 3.05) is 14.2 Å². The molecule has 0 fully saturated rings. The molecule has 0 aliphatic carbocycles. The Bertz CT molecular complexity index is 711. The fourth-order valence-electron chi connectivity index (χ4n) is 1.72. The predicted molar refractivity (Wildman–Crippen MR) is 80.5 cm³/mol. The van der Waals surface area contributed by atoms with E-state index < -0.39 is 5.97 Å². The van der Waals surface area contributed by atoms with Gasteiger partial charge in [-0.3, -0.25) is 4.79 Å². The van der Waals surface area contributed by atoms with E-state index in [0.29, 0.717) is 21.3 Å². The molecule has 0 spiro atoms. The fourth-order valence-corrected chi connectivity index (χ4v) is 2.92. The number of methoxy groups -OCH3 is 2. The van der Waals surface area contributed by atoms with Gasteiger partial charge in [0.05, 0.1) is 19.2 Å². The van der Waals surface area contributed by atoms with Crippen LogP contribution in [0.15, 0.2) is 18.2 Å². The summed E-state index contributed by atoms with van der Waals surface area (Å²) in [7, 11) is 2.77. The maximum atomic E-state index is 11.7. The molecule has 0 atom stereocenters. The van der Waals surface area contributed by atoms with Gasteiger partial charge in [-0.15, -0.1) is 11.3 Å². The normalized spacial score (nSPS) is 10.3. The highest BCUT2D eigenvalue weighted by Crippen LogP contribution is 2.33. The van der Waals surface area contributed by atoms with Crippen molar-refractivity contribution < 1.29 is 19.1 Å². The van der Waals surface area contributed by atoms with Gasteiger partial charge in [-0.05, 0) is 18.2 Å². The Morgan fingerprint density at radius 1 is 1.29 bits per heavy atom. The number of ketones is 1. The first-order chi connectivity index (χ1) is 9.97. The van der Waals surface area contributed by atoms with Gasteiger partial charge in [0.15, 0.2) is 11.5 Å². The lowest BCUT2D eigenvalue weighted by molar-refractivity contribution is 0.0591. The summed E-state index contributed by atoms with van der Waals surface area (Å²) in [6.07, 6.45) is 0. The smallest absolute Gasteiger partial charge is 0.358 e. The van der Waals surface area contributed by atoms with Crippen LogP contribution in [-0.2, 0) is 4.74 Å². The number of nitrogens with zero attached hydrogens (tertiary/aromatic N) is 1. The van der Waals surface area contributed by atoms with Gasteiger partial charge < -0.3 is 9.47 Å². The van der Waals surface area contributed by atoms with Crippen molar-refractivity contribution in [3.05, 3.63) is 33.8 Å². The third-order valence-corrected chi connectivity index (χ3v) is 4.23. The molecular weight excluding hydrogens is 314 g/mol. The number of rotatable bonds is 4. The second-order valence-corrected chi connectivity index (χ2v) is 5.50. The van der Waals surface area contributed by atoms with Gasteiger partial charge in [-0.2, -0.15) is 0 Å². The first-order valence-corrected chi connectivity index (χ1v) is 7.11. The number of Topliss-reactive ketones (excluding diaryl/α,β-unsaturated/α-hetero) is 1. The predicted octanol–water partition coefficient (Wildman–Crippen LogP) is 3.46. The molecule has 0 aliphatic heterocycles. The number of halogens is 1. The molecule has 7 heteroatoms. The van der Waals surface area contributed by atoms with Crippen LogP contribution in [0, 0.1) is 0 Å². The number of carbonyl (C=O) groups excluding carboxylic acids is 2. The van der Waals surface area contributed by atoms with Crippen LogP contribution < -0.4 is 4.74 Å². The third kappa shape index (κ3) is 3.06. The maximum Gasteiger partial charge on any atom is 0.358 e. The van der Waals surface area contributed by atoms with Gasteiger partial charge in [-0.25, -0.2) is 9.78 Å². The highest BCUT2D eigenvalue weighted by atomic mass is 35.5. The van der Waals surface area contributed by atoms with Crippen LogP contribution in [0.4, 0.5) is 0 Å². The van der Waals surface area contributed by atoms with Gasteiger partial charge in [0, 0.05) is 12.5 Å². The second kappa shape index (κ2) is 6.24. The summed E-state index contributed by atoms with van der Waals surface area (Å²) in [5.74, 6) is -0.335. The third-order valence-electron chi connectivity index (χ3n) is 2.72. The molecule has 0 saturated carbocycles. The van der Waals surface area contributed by atoms with Crippen molar-refractivity contribution in [1.29, 1.82) is 0 Å². The van der Waals surface area contributed by atoms with Crippen molar-refractivity contribution in [1.82, 2.24) is 4.98 Å². The molecule has 2 aromatic rings. The number of esters is 1. The van der Waals surface area contributed by atoms with E-state index in [4.69, 9.17) is 16.3 Å².